The van der Waals surface area contributed by atoms with E-state index in [9.17, 15) is 4.79 Å². The molecule has 2 aromatic carbocycles. The van der Waals surface area contributed by atoms with Crippen LogP contribution in [-0.2, 0) is 11.3 Å². The first-order chi connectivity index (χ1) is 14.1. The van der Waals surface area contributed by atoms with Gasteiger partial charge in [0.25, 0.3) is 5.91 Å². The van der Waals surface area contributed by atoms with Crippen molar-refractivity contribution in [3.05, 3.63) is 59.2 Å². The number of amides is 1. The van der Waals surface area contributed by atoms with E-state index in [1.54, 1.807) is 14.2 Å². The maximum absolute atomic E-state index is 12.8. The first-order valence-electron chi connectivity index (χ1n) is 10.1. The van der Waals surface area contributed by atoms with Crippen LogP contribution in [0.3, 0.4) is 0 Å². The minimum atomic E-state index is -0.102. The third-order valence-corrected chi connectivity index (χ3v) is 5.25. The average molecular weight is 399 g/mol. The standard InChI is InChI=1S/C23H30N2O4/c1-4-20(19-9-10-21(27-2)22(15-19)28-3)24-23(26)18-7-5-17(6-8-18)16-25-11-13-29-14-12-25/h5-10,15,20H,4,11-14,16H2,1-3H3,(H,24,26)/t20-/m0/s1. The van der Waals surface area contributed by atoms with Crippen LogP contribution in [0, 0.1) is 0 Å². The Balaban J connectivity index is 1.64. The van der Waals surface area contributed by atoms with Gasteiger partial charge in [0.05, 0.1) is 33.5 Å². The predicted octanol–water partition coefficient (Wildman–Crippen LogP) is 3.42. The zero-order valence-corrected chi connectivity index (χ0v) is 17.4. The topological polar surface area (TPSA) is 60.0 Å². The molecule has 1 saturated heterocycles. The van der Waals surface area contributed by atoms with Crippen molar-refractivity contribution in [2.24, 2.45) is 0 Å². The van der Waals surface area contributed by atoms with Crippen LogP contribution in [0.2, 0.25) is 0 Å². The number of morpholine rings is 1. The van der Waals surface area contributed by atoms with Crippen molar-refractivity contribution in [3.63, 3.8) is 0 Å². The summed E-state index contributed by atoms with van der Waals surface area (Å²) in [6, 6.07) is 13.5. The molecule has 1 aliphatic heterocycles. The monoisotopic (exact) mass is 398 g/mol. The molecule has 29 heavy (non-hydrogen) atoms. The van der Waals surface area contributed by atoms with Crippen molar-refractivity contribution in [1.82, 2.24) is 10.2 Å². The Hall–Kier alpha value is -2.57. The highest BCUT2D eigenvalue weighted by Crippen LogP contribution is 2.31. The van der Waals surface area contributed by atoms with E-state index >= 15 is 0 Å². The number of ether oxygens (including phenoxy) is 3. The Labute approximate surface area is 172 Å². The number of nitrogens with one attached hydrogen (secondary N) is 1. The Morgan fingerprint density at radius 2 is 1.76 bits per heavy atom. The zero-order chi connectivity index (χ0) is 20.6. The van der Waals surface area contributed by atoms with Crippen LogP contribution in [0.15, 0.2) is 42.5 Å². The molecule has 0 spiro atoms. The lowest BCUT2D eigenvalue weighted by atomic mass is 10.0. The van der Waals surface area contributed by atoms with Gasteiger partial charge in [-0.15, -0.1) is 0 Å². The van der Waals surface area contributed by atoms with Gasteiger partial charge in [0.2, 0.25) is 0 Å². The van der Waals surface area contributed by atoms with Gasteiger partial charge in [0.15, 0.2) is 11.5 Å². The molecule has 156 valence electrons. The van der Waals surface area contributed by atoms with E-state index in [1.807, 2.05) is 49.4 Å². The van der Waals surface area contributed by atoms with E-state index in [-0.39, 0.29) is 11.9 Å². The zero-order valence-electron chi connectivity index (χ0n) is 17.4. The van der Waals surface area contributed by atoms with Crippen LogP contribution in [-0.4, -0.2) is 51.3 Å². The van der Waals surface area contributed by atoms with Gasteiger partial charge < -0.3 is 19.5 Å². The van der Waals surface area contributed by atoms with Crippen molar-refractivity contribution >= 4 is 5.91 Å². The first kappa shape index (κ1) is 21.1. The highest BCUT2D eigenvalue weighted by atomic mass is 16.5. The van der Waals surface area contributed by atoms with Crippen LogP contribution < -0.4 is 14.8 Å². The van der Waals surface area contributed by atoms with Gasteiger partial charge in [0, 0.05) is 25.2 Å². The fourth-order valence-electron chi connectivity index (χ4n) is 3.51. The Morgan fingerprint density at radius 3 is 2.38 bits per heavy atom. The molecule has 1 heterocycles. The lowest BCUT2D eigenvalue weighted by Crippen LogP contribution is -2.35. The number of rotatable bonds is 8. The van der Waals surface area contributed by atoms with E-state index in [2.05, 4.69) is 10.2 Å². The number of carbonyl (C=O) groups excluding carboxylic acids is 1. The minimum absolute atomic E-state index is 0.0791. The van der Waals surface area contributed by atoms with Gasteiger partial charge >= 0.3 is 0 Å². The Kier molecular flexibility index (Phi) is 7.49. The van der Waals surface area contributed by atoms with E-state index in [1.165, 1.54) is 5.56 Å². The fourth-order valence-corrected chi connectivity index (χ4v) is 3.51. The second kappa shape index (κ2) is 10.3. The summed E-state index contributed by atoms with van der Waals surface area (Å²) in [5.74, 6) is 1.25. The summed E-state index contributed by atoms with van der Waals surface area (Å²) in [6.07, 6.45) is 0.774. The molecule has 0 aliphatic carbocycles. The number of benzene rings is 2. The molecular formula is C23H30N2O4. The van der Waals surface area contributed by atoms with Crippen molar-refractivity contribution in [2.45, 2.75) is 25.9 Å². The van der Waals surface area contributed by atoms with E-state index in [0.29, 0.717) is 17.1 Å². The third-order valence-electron chi connectivity index (χ3n) is 5.25. The molecule has 0 aromatic heterocycles. The maximum Gasteiger partial charge on any atom is 0.251 e. The SMILES string of the molecule is CC[C@H](NC(=O)c1ccc(CN2CCOCC2)cc1)c1ccc(OC)c(OC)c1. The highest BCUT2D eigenvalue weighted by molar-refractivity contribution is 5.94. The van der Waals surface area contributed by atoms with Crippen molar-refractivity contribution in [3.8, 4) is 11.5 Å². The molecule has 3 rings (SSSR count). The molecule has 0 radical (unpaired) electrons. The van der Waals surface area contributed by atoms with Crippen molar-refractivity contribution in [2.75, 3.05) is 40.5 Å². The molecule has 0 saturated carbocycles. The van der Waals surface area contributed by atoms with Gasteiger partial charge in [-0.05, 0) is 41.8 Å². The second-order valence-electron chi connectivity index (χ2n) is 7.13. The molecule has 6 nitrogen and oxygen atoms in total. The molecule has 1 fully saturated rings. The molecule has 1 aliphatic rings. The minimum Gasteiger partial charge on any atom is -0.493 e. The van der Waals surface area contributed by atoms with E-state index in [4.69, 9.17) is 14.2 Å². The van der Waals surface area contributed by atoms with E-state index in [0.717, 1.165) is 44.8 Å². The Morgan fingerprint density at radius 1 is 1.07 bits per heavy atom. The molecule has 0 unspecified atom stereocenters. The third kappa shape index (κ3) is 5.49. The second-order valence-corrected chi connectivity index (χ2v) is 7.13. The predicted molar refractivity (Wildman–Crippen MR) is 113 cm³/mol. The van der Waals surface area contributed by atoms with Gasteiger partial charge in [0.1, 0.15) is 0 Å². The Bertz CT molecular complexity index is 801. The number of carbonyl (C=O) groups is 1. The molecular weight excluding hydrogens is 368 g/mol. The van der Waals surface area contributed by atoms with Crippen LogP contribution in [0.4, 0.5) is 0 Å². The van der Waals surface area contributed by atoms with Gasteiger partial charge in [-0.2, -0.15) is 0 Å². The summed E-state index contributed by atoms with van der Waals surface area (Å²) in [5, 5.41) is 3.13. The van der Waals surface area contributed by atoms with Gasteiger partial charge in [-0.25, -0.2) is 0 Å². The molecule has 0 bridgehead atoms. The quantitative estimate of drug-likeness (QED) is 0.738. The van der Waals surface area contributed by atoms with Crippen molar-refractivity contribution in [1.29, 1.82) is 0 Å². The summed E-state index contributed by atoms with van der Waals surface area (Å²) >= 11 is 0. The summed E-state index contributed by atoms with van der Waals surface area (Å²) in [4.78, 5) is 15.1. The van der Waals surface area contributed by atoms with E-state index < -0.39 is 0 Å². The smallest absolute Gasteiger partial charge is 0.251 e. The summed E-state index contributed by atoms with van der Waals surface area (Å²) in [7, 11) is 3.22. The maximum atomic E-state index is 12.8. The summed E-state index contributed by atoms with van der Waals surface area (Å²) < 4.78 is 16.1. The summed E-state index contributed by atoms with van der Waals surface area (Å²) in [5.41, 5.74) is 2.85. The molecule has 1 amide bonds. The van der Waals surface area contributed by atoms with Crippen LogP contribution in [0.5, 0.6) is 11.5 Å². The first-order valence-corrected chi connectivity index (χ1v) is 10.1. The molecule has 6 heteroatoms. The number of hydrogen-bond donors (Lipinski definition) is 1. The lowest BCUT2D eigenvalue weighted by Gasteiger charge is -2.26. The molecule has 2 aromatic rings. The fraction of sp³-hybridized carbons (Fsp3) is 0.435. The number of nitrogens with zero attached hydrogens (tertiary/aromatic N) is 1. The highest BCUT2D eigenvalue weighted by Gasteiger charge is 2.17. The molecule has 1 N–H and O–H groups in total. The van der Waals surface area contributed by atoms with Gasteiger partial charge in [-0.3, -0.25) is 9.69 Å². The number of methoxy groups -OCH3 is 2. The van der Waals surface area contributed by atoms with Crippen LogP contribution in [0.25, 0.3) is 0 Å². The number of hydrogen-bond acceptors (Lipinski definition) is 5. The van der Waals surface area contributed by atoms with Gasteiger partial charge in [-0.1, -0.05) is 25.1 Å². The lowest BCUT2D eigenvalue weighted by molar-refractivity contribution is 0.0342. The average Bonchev–Trinajstić information content (AvgIpc) is 2.78. The summed E-state index contributed by atoms with van der Waals surface area (Å²) in [6.45, 7) is 6.41. The largest absolute Gasteiger partial charge is 0.493 e. The molecule has 1 atom stereocenters. The normalized spacial score (nSPS) is 15.6. The van der Waals surface area contributed by atoms with Crippen LogP contribution in [0.1, 0.15) is 40.9 Å². The van der Waals surface area contributed by atoms with Crippen molar-refractivity contribution < 1.29 is 19.0 Å². The van der Waals surface area contributed by atoms with Crippen LogP contribution >= 0.6 is 0 Å².